The van der Waals surface area contributed by atoms with Crippen LogP contribution in [0.3, 0.4) is 0 Å². The molecule has 27 heavy (non-hydrogen) atoms. The Morgan fingerprint density at radius 3 is 2.56 bits per heavy atom. The number of carbonyl (C=O) groups excluding carboxylic acids is 2. The maximum atomic E-state index is 12.5. The molecule has 3 heterocycles. The van der Waals surface area contributed by atoms with Gasteiger partial charge in [0, 0.05) is 24.0 Å². The number of ether oxygens (including phenoxy) is 1. The monoisotopic (exact) mass is 384 g/mol. The van der Waals surface area contributed by atoms with Crippen molar-refractivity contribution in [1.29, 1.82) is 0 Å². The third kappa shape index (κ3) is 3.72. The number of hydrogen-bond donors (Lipinski definition) is 0. The lowest BCUT2D eigenvalue weighted by Gasteiger charge is -2.37. The first-order chi connectivity index (χ1) is 13.1. The zero-order chi connectivity index (χ0) is 18.8. The molecule has 1 aromatic carbocycles. The summed E-state index contributed by atoms with van der Waals surface area (Å²) in [6.45, 7) is 3.44. The molecule has 0 aliphatic carbocycles. The van der Waals surface area contributed by atoms with E-state index in [1.807, 2.05) is 57.6 Å². The molecule has 0 radical (unpaired) electrons. The zero-order valence-corrected chi connectivity index (χ0v) is 16.2. The Balaban J connectivity index is 1.36. The summed E-state index contributed by atoms with van der Waals surface area (Å²) in [5.41, 5.74) is 1.03. The average Bonchev–Trinajstić information content (AvgIpc) is 3.30. The number of likely N-dealkylation sites (tertiary alicyclic amines) is 1. The summed E-state index contributed by atoms with van der Waals surface area (Å²) >= 11 is 1.62. The number of thiophene rings is 1. The van der Waals surface area contributed by atoms with E-state index in [2.05, 4.69) is 6.92 Å². The quantitative estimate of drug-likeness (QED) is 0.804. The van der Waals surface area contributed by atoms with Gasteiger partial charge in [-0.15, -0.1) is 11.3 Å². The van der Waals surface area contributed by atoms with Crippen molar-refractivity contribution >= 4 is 23.3 Å². The largest absolute Gasteiger partial charge is 0.439 e. The van der Waals surface area contributed by atoms with Crippen molar-refractivity contribution < 1.29 is 14.3 Å². The van der Waals surface area contributed by atoms with Crippen molar-refractivity contribution in [3.63, 3.8) is 0 Å². The SMILES string of the molecule is CC1C(c2ccccc2)OC(=O)N1C1CCN(C(=O)Cc2cccs2)CC1. The molecule has 0 spiro atoms. The minimum Gasteiger partial charge on any atom is -0.439 e. The molecule has 2 aromatic rings. The highest BCUT2D eigenvalue weighted by Crippen LogP contribution is 2.35. The Morgan fingerprint density at radius 2 is 1.89 bits per heavy atom. The maximum absolute atomic E-state index is 12.5. The number of nitrogens with zero attached hydrogens (tertiary/aromatic N) is 2. The Morgan fingerprint density at radius 1 is 1.15 bits per heavy atom. The van der Waals surface area contributed by atoms with E-state index in [9.17, 15) is 9.59 Å². The molecule has 2 aliphatic heterocycles. The summed E-state index contributed by atoms with van der Waals surface area (Å²) in [4.78, 5) is 29.9. The fourth-order valence-corrected chi connectivity index (χ4v) is 4.81. The Bertz CT molecular complexity index is 785. The van der Waals surface area contributed by atoms with Gasteiger partial charge in [-0.1, -0.05) is 36.4 Å². The minimum atomic E-state index is -0.236. The van der Waals surface area contributed by atoms with Gasteiger partial charge in [-0.05, 0) is 36.8 Å². The molecule has 142 valence electrons. The Labute approximate surface area is 163 Å². The van der Waals surface area contributed by atoms with E-state index in [1.54, 1.807) is 11.3 Å². The Hall–Kier alpha value is -2.34. The molecule has 0 bridgehead atoms. The smallest absolute Gasteiger partial charge is 0.411 e. The second-order valence-electron chi connectivity index (χ2n) is 7.23. The van der Waals surface area contributed by atoms with Crippen LogP contribution in [-0.4, -0.2) is 47.0 Å². The first kappa shape index (κ1) is 18.0. The van der Waals surface area contributed by atoms with Crippen LogP contribution in [-0.2, 0) is 16.0 Å². The third-order valence-electron chi connectivity index (χ3n) is 5.56. The predicted molar refractivity (Wildman–Crippen MR) is 105 cm³/mol. The number of piperidine rings is 1. The second-order valence-corrected chi connectivity index (χ2v) is 8.26. The van der Waals surface area contributed by atoms with Gasteiger partial charge >= 0.3 is 6.09 Å². The highest BCUT2D eigenvalue weighted by Gasteiger charge is 2.44. The minimum absolute atomic E-state index is 0.00160. The number of amides is 2. The molecule has 2 amide bonds. The lowest BCUT2D eigenvalue weighted by atomic mass is 9.98. The van der Waals surface area contributed by atoms with Crippen molar-refractivity contribution in [3.8, 4) is 0 Å². The molecule has 2 atom stereocenters. The van der Waals surface area contributed by atoms with Crippen LogP contribution >= 0.6 is 11.3 Å². The molecule has 2 fully saturated rings. The van der Waals surface area contributed by atoms with Crippen molar-refractivity contribution in [2.75, 3.05) is 13.1 Å². The molecular weight excluding hydrogens is 360 g/mol. The first-order valence-electron chi connectivity index (χ1n) is 9.47. The topological polar surface area (TPSA) is 49.9 Å². The van der Waals surface area contributed by atoms with Crippen LogP contribution in [0.2, 0.25) is 0 Å². The number of rotatable bonds is 4. The standard InChI is InChI=1S/C21H24N2O3S/c1-15-20(16-6-3-2-4-7-16)26-21(25)23(15)17-9-11-22(12-10-17)19(24)14-18-8-5-13-27-18/h2-8,13,15,17,20H,9-12,14H2,1H3. The molecule has 1 aromatic heterocycles. The zero-order valence-electron chi connectivity index (χ0n) is 15.4. The van der Waals surface area contributed by atoms with Gasteiger partial charge in [0.15, 0.2) is 0 Å². The number of benzene rings is 1. The summed E-state index contributed by atoms with van der Waals surface area (Å²) < 4.78 is 5.68. The van der Waals surface area contributed by atoms with Gasteiger partial charge in [-0.2, -0.15) is 0 Å². The predicted octanol–water partition coefficient (Wildman–Crippen LogP) is 3.86. The van der Waals surface area contributed by atoms with Gasteiger partial charge in [0.1, 0.15) is 6.10 Å². The van der Waals surface area contributed by atoms with Crippen LogP contribution in [0.5, 0.6) is 0 Å². The van der Waals surface area contributed by atoms with E-state index >= 15 is 0 Å². The van der Waals surface area contributed by atoms with Crippen LogP contribution in [0.1, 0.15) is 36.3 Å². The Kier molecular flexibility index (Phi) is 5.16. The van der Waals surface area contributed by atoms with Crippen LogP contribution in [0, 0.1) is 0 Å². The third-order valence-corrected chi connectivity index (χ3v) is 6.44. The van der Waals surface area contributed by atoms with Crippen LogP contribution < -0.4 is 0 Å². The lowest BCUT2D eigenvalue weighted by molar-refractivity contribution is -0.131. The fraction of sp³-hybridized carbons (Fsp3) is 0.429. The van der Waals surface area contributed by atoms with E-state index in [4.69, 9.17) is 4.74 Å². The van der Waals surface area contributed by atoms with E-state index in [0.717, 1.165) is 23.3 Å². The maximum Gasteiger partial charge on any atom is 0.411 e. The molecule has 6 heteroatoms. The summed E-state index contributed by atoms with van der Waals surface area (Å²) in [5, 5.41) is 2.00. The van der Waals surface area contributed by atoms with Crippen molar-refractivity contribution in [2.24, 2.45) is 0 Å². The van der Waals surface area contributed by atoms with E-state index < -0.39 is 0 Å². The van der Waals surface area contributed by atoms with Gasteiger partial charge in [-0.3, -0.25) is 9.69 Å². The van der Waals surface area contributed by atoms with Crippen molar-refractivity contribution in [1.82, 2.24) is 9.80 Å². The van der Waals surface area contributed by atoms with Crippen molar-refractivity contribution in [3.05, 3.63) is 58.3 Å². The molecule has 0 saturated carbocycles. The highest BCUT2D eigenvalue weighted by molar-refractivity contribution is 7.10. The molecule has 0 N–H and O–H groups in total. The summed E-state index contributed by atoms with van der Waals surface area (Å²) in [6, 6.07) is 14.0. The van der Waals surface area contributed by atoms with Crippen LogP contribution in [0.25, 0.3) is 0 Å². The van der Waals surface area contributed by atoms with E-state index in [1.165, 1.54) is 0 Å². The van der Waals surface area contributed by atoms with Gasteiger partial charge in [-0.25, -0.2) is 4.79 Å². The summed E-state index contributed by atoms with van der Waals surface area (Å²) in [6.07, 6.45) is 1.62. The van der Waals surface area contributed by atoms with E-state index in [0.29, 0.717) is 19.5 Å². The fourth-order valence-electron chi connectivity index (χ4n) is 4.12. The van der Waals surface area contributed by atoms with Crippen LogP contribution in [0.15, 0.2) is 47.8 Å². The van der Waals surface area contributed by atoms with E-state index in [-0.39, 0.29) is 30.2 Å². The van der Waals surface area contributed by atoms with Gasteiger partial charge < -0.3 is 9.64 Å². The molecular formula is C21H24N2O3S. The molecule has 5 nitrogen and oxygen atoms in total. The number of hydrogen-bond acceptors (Lipinski definition) is 4. The highest BCUT2D eigenvalue weighted by atomic mass is 32.1. The average molecular weight is 385 g/mol. The summed E-state index contributed by atoms with van der Waals surface area (Å²) in [5.74, 6) is 0.176. The van der Waals surface area contributed by atoms with Gasteiger partial charge in [0.05, 0.1) is 12.5 Å². The van der Waals surface area contributed by atoms with Gasteiger partial charge in [0.2, 0.25) is 5.91 Å². The number of carbonyl (C=O) groups is 2. The van der Waals surface area contributed by atoms with Crippen molar-refractivity contribution in [2.45, 2.75) is 44.4 Å². The molecule has 2 aliphatic rings. The molecule has 2 unspecified atom stereocenters. The van der Waals surface area contributed by atoms with Crippen LogP contribution in [0.4, 0.5) is 4.79 Å². The number of cyclic esters (lactones) is 1. The summed E-state index contributed by atoms with van der Waals surface area (Å²) in [7, 11) is 0. The lowest BCUT2D eigenvalue weighted by Crippen LogP contribution is -2.49. The molecule has 4 rings (SSSR count). The van der Waals surface area contributed by atoms with Gasteiger partial charge in [0.25, 0.3) is 0 Å². The normalized spacial score (nSPS) is 23.5. The second kappa shape index (κ2) is 7.72. The molecule has 2 saturated heterocycles. The first-order valence-corrected chi connectivity index (χ1v) is 10.4.